The molecule has 1 N–H and O–H groups in total. The highest BCUT2D eigenvalue weighted by molar-refractivity contribution is 5.37. The molecule has 2 heterocycles. The first-order chi connectivity index (χ1) is 9.15. The zero-order valence-electron chi connectivity index (χ0n) is 12.0. The van der Waals surface area contributed by atoms with Gasteiger partial charge in [-0.2, -0.15) is 0 Å². The van der Waals surface area contributed by atoms with Crippen LogP contribution in [0.15, 0.2) is 18.2 Å². The molecule has 1 fully saturated rings. The Kier molecular flexibility index (Phi) is 3.50. The van der Waals surface area contributed by atoms with Crippen LogP contribution in [0.1, 0.15) is 30.9 Å². The average molecular weight is 260 g/mol. The molecule has 1 unspecified atom stereocenters. The summed E-state index contributed by atoms with van der Waals surface area (Å²) >= 11 is 0. The quantitative estimate of drug-likeness (QED) is 0.882. The third-order valence-corrected chi connectivity index (χ3v) is 4.28. The maximum absolute atomic E-state index is 6.32. The highest BCUT2D eigenvalue weighted by Crippen LogP contribution is 2.29. The number of hydrogen-bond acceptors (Lipinski definition) is 3. The van der Waals surface area contributed by atoms with Gasteiger partial charge in [-0.25, -0.2) is 0 Å². The molecule has 1 saturated heterocycles. The molecule has 0 spiro atoms. The van der Waals surface area contributed by atoms with E-state index in [1.807, 2.05) is 0 Å². The van der Waals surface area contributed by atoms with Crippen molar-refractivity contribution >= 4 is 0 Å². The van der Waals surface area contributed by atoms with E-state index in [0.29, 0.717) is 0 Å². The zero-order chi connectivity index (χ0) is 13.3. The first-order valence-electron chi connectivity index (χ1n) is 7.35. The molecule has 0 amide bonds. The van der Waals surface area contributed by atoms with Gasteiger partial charge in [-0.15, -0.1) is 0 Å². The molecular weight excluding hydrogens is 236 g/mol. The van der Waals surface area contributed by atoms with Crippen LogP contribution in [-0.4, -0.2) is 37.2 Å². The Morgan fingerprint density at radius 2 is 2.21 bits per heavy atom. The standard InChI is InChI=1S/C16H24N2O/c1-16(7-3-9-18(2)12-16)19-15-5-4-14-11-17-8-6-13(14)10-15/h4-5,10,17H,3,6-9,11-12H2,1-2H3. The van der Waals surface area contributed by atoms with E-state index in [4.69, 9.17) is 4.74 Å². The van der Waals surface area contributed by atoms with Crippen LogP contribution < -0.4 is 10.1 Å². The fourth-order valence-electron chi connectivity index (χ4n) is 3.34. The number of hydrogen-bond donors (Lipinski definition) is 1. The van der Waals surface area contributed by atoms with Crippen molar-refractivity contribution in [1.29, 1.82) is 0 Å². The van der Waals surface area contributed by atoms with E-state index in [2.05, 4.69) is 42.4 Å². The van der Waals surface area contributed by atoms with Crippen LogP contribution in [0.4, 0.5) is 0 Å². The third-order valence-electron chi connectivity index (χ3n) is 4.28. The van der Waals surface area contributed by atoms with Gasteiger partial charge < -0.3 is 15.0 Å². The topological polar surface area (TPSA) is 24.5 Å². The second-order valence-corrected chi connectivity index (χ2v) is 6.25. The number of piperidine rings is 1. The fourth-order valence-corrected chi connectivity index (χ4v) is 3.34. The lowest BCUT2D eigenvalue weighted by molar-refractivity contribution is 0.0155. The summed E-state index contributed by atoms with van der Waals surface area (Å²) < 4.78 is 6.32. The Morgan fingerprint density at radius 1 is 1.32 bits per heavy atom. The monoisotopic (exact) mass is 260 g/mol. The van der Waals surface area contributed by atoms with Crippen LogP contribution in [0, 0.1) is 0 Å². The van der Waals surface area contributed by atoms with Gasteiger partial charge in [0.2, 0.25) is 0 Å². The van der Waals surface area contributed by atoms with Crippen molar-refractivity contribution in [3.05, 3.63) is 29.3 Å². The van der Waals surface area contributed by atoms with Gasteiger partial charge in [0.05, 0.1) is 0 Å². The van der Waals surface area contributed by atoms with Gasteiger partial charge in [0.25, 0.3) is 0 Å². The number of nitrogens with one attached hydrogen (secondary N) is 1. The smallest absolute Gasteiger partial charge is 0.120 e. The molecule has 1 atom stereocenters. The highest BCUT2D eigenvalue weighted by atomic mass is 16.5. The minimum absolute atomic E-state index is 0.0336. The Hall–Kier alpha value is -1.06. The van der Waals surface area contributed by atoms with Crippen molar-refractivity contribution in [3.8, 4) is 5.75 Å². The first-order valence-corrected chi connectivity index (χ1v) is 7.35. The predicted molar refractivity (Wildman–Crippen MR) is 77.6 cm³/mol. The Morgan fingerprint density at radius 3 is 3.05 bits per heavy atom. The SMILES string of the molecule is CN1CCCC(C)(Oc2ccc3c(c2)CCNC3)C1. The van der Waals surface area contributed by atoms with E-state index in [-0.39, 0.29) is 5.60 Å². The molecule has 3 nitrogen and oxygen atoms in total. The van der Waals surface area contributed by atoms with Gasteiger partial charge in [-0.3, -0.25) is 0 Å². The molecule has 104 valence electrons. The Labute approximate surface area is 115 Å². The second-order valence-electron chi connectivity index (χ2n) is 6.25. The lowest BCUT2D eigenvalue weighted by Crippen LogP contribution is -2.48. The van der Waals surface area contributed by atoms with E-state index in [1.54, 1.807) is 0 Å². The van der Waals surface area contributed by atoms with Crippen LogP contribution in [0.5, 0.6) is 5.75 Å². The summed E-state index contributed by atoms with van der Waals surface area (Å²) in [5.41, 5.74) is 2.84. The molecule has 3 rings (SSSR count). The van der Waals surface area contributed by atoms with Crippen molar-refractivity contribution < 1.29 is 4.74 Å². The van der Waals surface area contributed by atoms with Crippen LogP contribution >= 0.6 is 0 Å². The number of rotatable bonds is 2. The maximum atomic E-state index is 6.32. The van der Waals surface area contributed by atoms with Gasteiger partial charge in [-0.1, -0.05) is 6.07 Å². The molecule has 0 aliphatic carbocycles. The van der Waals surface area contributed by atoms with Crippen molar-refractivity contribution in [2.75, 3.05) is 26.7 Å². The Bertz CT molecular complexity index is 460. The lowest BCUT2D eigenvalue weighted by atomic mass is 9.94. The molecule has 0 bridgehead atoms. The van der Waals surface area contributed by atoms with Crippen molar-refractivity contribution in [1.82, 2.24) is 10.2 Å². The second kappa shape index (κ2) is 5.14. The summed E-state index contributed by atoms with van der Waals surface area (Å²) in [5.74, 6) is 1.04. The summed E-state index contributed by atoms with van der Waals surface area (Å²) in [6.45, 7) is 6.52. The number of likely N-dealkylation sites (N-methyl/N-ethyl adjacent to an activating group) is 1. The lowest BCUT2D eigenvalue weighted by Gasteiger charge is -2.39. The number of ether oxygens (including phenoxy) is 1. The minimum Gasteiger partial charge on any atom is -0.486 e. The van der Waals surface area contributed by atoms with Crippen molar-refractivity contribution in [2.45, 2.75) is 38.3 Å². The molecule has 0 radical (unpaired) electrons. The molecular formula is C16H24N2O. The molecule has 2 aliphatic rings. The van der Waals surface area contributed by atoms with Gasteiger partial charge in [0.15, 0.2) is 0 Å². The van der Waals surface area contributed by atoms with E-state index >= 15 is 0 Å². The fraction of sp³-hybridized carbons (Fsp3) is 0.625. The number of benzene rings is 1. The van der Waals surface area contributed by atoms with Crippen LogP contribution in [0.25, 0.3) is 0 Å². The van der Waals surface area contributed by atoms with Gasteiger partial charge >= 0.3 is 0 Å². The molecule has 1 aromatic carbocycles. The summed E-state index contributed by atoms with van der Waals surface area (Å²) in [5, 5.41) is 3.41. The molecule has 19 heavy (non-hydrogen) atoms. The number of nitrogens with zero attached hydrogens (tertiary/aromatic N) is 1. The summed E-state index contributed by atoms with van der Waals surface area (Å²) in [4.78, 5) is 2.37. The van der Waals surface area contributed by atoms with Crippen LogP contribution in [0.2, 0.25) is 0 Å². The number of likely N-dealkylation sites (tertiary alicyclic amines) is 1. The highest BCUT2D eigenvalue weighted by Gasteiger charge is 2.31. The van der Waals surface area contributed by atoms with Gasteiger partial charge in [-0.05, 0) is 69.6 Å². The summed E-state index contributed by atoms with van der Waals surface area (Å²) in [7, 11) is 2.18. The third kappa shape index (κ3) is 2.93. The molecule has 3 heteroatoms. The van der Waals surface area contributed by atoms with Crippen LogP contribution in [0.3, 0.4) is 0 Å². The van der Waals surface area contributed by atoms with Gasteiger partial charge in [0.1, 0.15) is 11.4 Å². The Balaban J connectivity index is 1.75. The van der Waals surface area contributed by atoms with Gasteiger partial charge in [0, 0.05) is 13.1 Å². The van der Waals surface area contributed by atoms with E-state index in [1.165, 1.54) is 24.1 Å². The minimum atomic E-state index is -0.0336. The zero-order valence-corrected chi connectivity index (χ0v) is 12.0. The molecule has 0 aromatic heterocycles. The van der Waals surface area contributed by atoms with Crippen molar-refractivity contribution in [2.24, 2.45) is 0 Å². The largest absolute Gasteiger partial charge is 0.486 e. The number of fused-ring (bicyclic) bond motifs is 1. The summed E-state index contributed by atoms with van der Waals surface area (Å²) in [6.07, 6.45) is 3.49. The van der Waals surface area contributed by atoms with Crippen molar-refractivity contribution in [3.63, 3.8) is 0 Å². The van der Waals surface area contributed by atoms with E-state index < -0.39 is 0 Å². The average Bonchev–Trinajstić information content (AvgIpc) is 2.38. The normalized spacial score (nSPS) is 27.9. The van der Waals surface area contributed by atoms with E-state index in [0.717, 1.165) is 38.2 Å². The van der Waals surface area contributed by atoms with Crippen LogP contribution in [-0.2, 0) is 13.0 Å². The maximum Gasteiger partial charge on any atom is 0.120 e. The van der Waals surface area contributed by atoms with E-state index in [9.17, 15) is 0 Å². The summed E-state index contributed by atoms with van der Waals surface area (Å²) in [6, 6.07) is 6.59. The molecule has 0 saturated carbocycles. The molecule has 1 aromatic rings. The molecule has 2 aliphatic heterocycles. The first kappa shape index (κ1) is 12.9. The predicted octanol–water partition coefficient (Wildman–Crippen LogP) is 2.20.